The molecule has 12 heavy (non-hydrogen) atoms. The molecule has 0 aliphatic heterocycles. The maximum Gasteiger partial charge on any atom is 0.288 e. The number of nitrogens with two attached hydrogens (primary N) is 2. The first-order valence-corrected chi connectivity index (χ1v) is 3.77. The minimum Gasteiger partial charge on any atom is -0.380 e. The Hall–Kier alpha value is -1.26. The zero-order valence-electron chi connectivity index (χ0n) is 7.57. The number of rotatable bonds is 3. The van der Waals surface area contributed by atoms with Crippen LogP contribution in [0.4, 0.5) is 0 Å². The van der Waals surface area contributed by atoms with Gasteiger partial charge < -0.3 is 11.5 Å². The van der Waals surface area contributed by atoms with Gasteiger partial charge in [-0.3, -0.25) is 10.1 Å². The van der Waals surface area contributed by atoms with Crippen molar-refractivity contribution in [2.45, 2.75) is 20.8 Å². The van der Waals surface area contributed by atoms with Crippen LogP contribution in [0.5, 0.6) is 0 Å². The molecule has 1 unspecified atom stereocenters. The number of nitrogens with zero attached hydrogens (tertiary/aromatic N) is 1. The average Bonchev–Trinajstić information content (AvgIpc) is 1.85. The highest BCUT2D eigenvalue weighted by atomic mass is 16.6. The Bertz CT molecular complexity index is 207. The van der Waals surface area contributed by atoms with Crippen LogP contribution in [0.25, 0.3) is 0 Å². The minimum absolute atomic E-state index is 0.0787. The molecule has 0 amide bonds. The molecule has 4 N–H and O–H groups in total. The second-order valence-electron chi connectivity index (χ2n) is 3.13. The number of hydrogen-bond donors (Lipinski definition) is 2. The first-order chi connectivity index (χ1) is 5.37. The first kappa shape index (κ1) is 10.7. The van der Waals surface area contributed by atoms with Crippen LogP contribution in [-0.2, 0) is 0 Å². The van der Waals surface area contributed by atoms with Gasteiger partial charge in [0.2, 0.25) is 0 Å². The van der Waals surface area contributed by atoms with E-state index in [0.717, 1.165) is 0 Å². The standard InChI is InChI=1S/C7H15N3O2/c1-4(2)5(3)6(7(8)9)10(11)12/h4-5H,8-9H2,1-3H3. The van der Waals surface area contributed by atoms with Crippen LogP contribution in [0.2, 0.25) is 0 Å². The maximum atomic E-state index is 10.5. The molecule has 0 saturated heterocycles. The zero-order chi connectivity index (χ0) is 9.89. The summed E-state index contributed by atoms with van der Waals surface area (Å²) in [5.74, 6) is -0.251. The summed E-state index contributed by atoms with van der Waals surface area (Å²) in [5, 5.41) is 10.5. The minimum atomic E-state index is -0.514. The molecule has 0 bridgehead atoms. The van der Waals surface area contributed by atoms with Gasteiger partial charge in [0.05, 0.1) is 10.8 Å². The van der Waals surface area contributed by atoms with Gasteiger partial charge in [-0.05, 0) is 5.92 Å². The third-order valence-corrected chi connectivity index (χ3v) is 1.92. The van der Waals surface area contributed by atoms with Gasteiger partial charge in [0.25, 0.3) is 5.70 Å². The normalized spacial score (nSPS) is 12.7. The van der Waals surface area contributed by atoms with E-state index in [0.29, 0.717) is 0 Å². The quantitative estimate of drug-likeness (QED) is 0.483. The van der Waals surface area contributed by atoms with Crippen molar-refractivity contribution >= 4 is 0 Å². The highest BCUT2D eigenvalue weighted by molar-refractivity contribution is 5.03. The maximum absolute atomic E-state index is 10.5. The van der Waals surface area contributed by atoms with E-state index in [-0.39, 0.29) is 23.4 Å². The predicted molar refractivity (Wildman–Crippen MR) is 46.4 cm³/mol. The molecule has 0 aromatic heterocycles. The van der Waals surface area contributed by atoms with Gasteiger partial charge in [0.15, 0.2) is 5.82 Å². The topological polar surface area (TPSA) is 95.2 Å². The molecule has 5 nitrogen and oxygen atoms in total. The average molecular weight is 173 g/mol. The third kappa shape index (κ3) is 2.41. The fourth-order valence-corrected chi connectivity index (χ4v) is 0.850. The molecule has 0 spiro atoms. The molecule has 0 heterocycles. The van der Waals surface area contributed by atoms with Gasteiger partial charge >= 0.3 is 0 Å². The van der Waals surface area contributed by atoms with Gasteiger partial charge in [0, 0.05) is 0 Å². The second-order valence-corrected chi connectivity index (χ2v) is 3.13. The van der Waals surface area contributed by atoms with Crippen LogP contribution in [-0.4, -0.2) is 4.92 Å². The third-order valence-electron chi connectivity index (χ3n) is 1.92. The molecule has 5 heteroatoms. The Kier molecular flexibility index (Phi) is 3.53. The lowest BCUT2D eigenvalue weighted by Crippen LogP contribution is -2.23. The summed E-state index contributed by atoms with van der Waals surface area (Å²) in [4.78, 5) is 9.96. The van der Waals surface area contributed by atoms with Crippen LogP contribution < -0.4 is 11.5 Å². The van der Waals surface area contributed by atoms with Crippen molar-refractivity contribution in [2.75, 3.05) is 0 Å². The Labute approximate surface area is 71.6 Å². The number of nitro groups is 1. The molecule has 0 rings (SSSR count). The van der Waals surface area contributed by atoms with E-state index < -0.39 is 4.92 Å². The van der Waals surface area contributed by atoms with E-state index >= 15 is 0 Å². The summed E-state index contributed by atoms with van der Waals surface area (Å²) in [6, 6.07) is 0. The molecular formula is C7H15N3O2. The van der Waals surface area contributed by atoms with Crippen LogP contribution in [0.1, 0.15) is 20.8 Å². The van der Waals surface area contributed by atoms with Crippen molar-refractivity contribution in [3.8, 4) is 0 Å². The van der Waals surface area contributed by atoms with Crippen molar-refractivity contribution in [3.63, 3.8) is 0 Å². The molecule has 0 aliphatic rings. The van der Waals surface area contributed by atoms with E-state index in [2.05, 4.69) is 0 Å². The highest BCUT2D eigenvalue weighted by Gasteiger charge is 2.25. The molecule has 0 aliphatic carbocycles. The Morgan fingerprint density at radius 2 is 1.75 bits per heavy atom. The lowest BCUT2D eigenvalue weighted by atomic mass is 9.95. The Morgan fingerprint density at radius 3 is 1.83 bits per heavy atom. The van der Waals surface area contributed by atoms with Crippen LogP contribution in [0, 0.1) is 22.0 Å². The second kappa shape index (κ2) is 3.94. The van der Waals surface area contributed by atoms with Gasteiger partial charge in [0.1, 0.15) is 0 Å². The summed E-state index contributed by atoms with van der Waals surface area (Å²) in [7, 11) is 0. The van der Waals surface area contributed by atoms with Crippen molar-refractivity contribution in [2.24, 2.45) is 23.3 Å². The van der Waals surface area contributed by atoms with E-state index in [1.165, 1.54) is 0 Å². The van der Waals surface area contributed by atoms with E-state index in [1.54, 1.807) is 6.92 Å². The first-order valence-electron chi connectivity index (χ1n) is 3.77. The van der Waals surface area contributed by atoms with Crippen LogP contribution in [0.3, 0.4) is 0 Å². The lowest BCUT2D eigenvalue weighted by Gasteiger charge is -2.12. The van der Waals surface area contributed by atoms with Gasteiger partial charge in [-0.2, -0.15) is 0 Å². The predicted octanol–water partition coefficient (Wildman–Crippen LogP) is 0.642. The lowest BCUT2D eigenvalue weighted by molar-refractivity contribution is -0.436. The molecule has 70 valence electrons. The molecule has 0 saturated carbocycles. The molecule has 0 aromatic carbocycles. The highest BCUT2D eigenvalue weighted by Crippen LogP contribution is 2.20. The van der Waals surface area contributed by atoms with Gasteiger partial charge in [-0.25, -0.2) is 0 Å². The molecule has 1 atom stereocenters. The van der Waals surface area contributed by atoms with Gasteiger partial charge in [-0.15, -0.1) is 0 Å². The van der Waals surface area contributed by atoms with Crippen molar-refractivity contribution in [1.29, 1.82) is 0 Å². The molecule has 0 radical (unpaired) electrons. The fourth-order valence-electron chi connectivity index (χ4n) is 0.850. The number of hydrogen-bond acceptors (Lipinski definition) is 4. The zero-order valence-corrected chi connectivity index (χ0v) is 7.57. The fraction of sp³-hybridized carbons (Fsp3) is 0.714. The number of allylic oxidation sites excluding steroid dienone is 1. The van der Waals surface area contributed by atoms with Crippen molar-refractivity contribution < 1.29 is 4.92 Å². The van der Waals surface area contributed by atoms with Crippen LogP contribution in [0.15, 0.2) is 11.5 Å². The smallest absolute Gasteiger partial charge is 0.288 e. The summed E-state index contributed by atoms with van der Waals surface area (Å²) >= 11 is 0. The Morgan fingerprint density at radius 1 is 1.33 bits per heavy atom. The summed E-state index contributed by atoms with van der Waals surface area (Å²) in [6.45, 7) is 5.51. The van der Waals surface area contributed by atoms with Crippen LogP contribution >= 0.6 is 0 Å². The summed E-state index contributed by atoms with van der Waals surface area (Å²) in [6.07, 6.45) is 0. The summed E-state index contributed by atoms with van der Waals surface area (Å²) in [5.41, 5.74) is 10.3. The SMILES string of the molecule is CC(C)C(C)C(=C(N)N)[N+](=O)[O-]. The Balaban J connectivity index is 4.79. The van der Waals surface area contributed by atoms with E-state index in [1.807, 2.05) is 13.8 Å². The molecule has 0 aromatic rings. The van der Waals surface area contributed by atoms with Crippen molar-refractivity contribution in [3.05, 3.63) is 21.6 Å². The van der Waals surface area contributed by atoms with Gasteiger partial charge in [-0.1, -0.05) is 20.8 Å². The van der Waals surface area contributed by atoms with E-state index in [4.69, 9.17) is 11.5 Å². The molecular weight excluding hydrogens is 158 g/mol. The van der Waals surface area contributed by atoms with Crippen molar-refractivity contribution in [1.82, 2.24) is 0 Å². The summed E-state index contributed by atoms with van der Waals surface area (Å²) < 4.78 is 0. The monoisotopic (exact) mass is 173 g/mol. The largest absolute Gasteiger partial charge is 0.380 e. The molecule has 0 fully saturated rings. The van der Waals surface area contributed by atoms with E-state index in [9.17, 15) is 10.1 Å².